The molecule has 0 atom stereocenters. The number of nitrogens with zero attached hydrogens (tertiary/aromatic N) is 3. The number of carbonyl (C=O) groups excluding carboxylic acids is 1. The van der Waals surface area contributed by atoms with Crippen LogP contribution in [-0.4, -0.2) is 20.7 Å². The number of nitro benzene ring substituents is 3. The van der Waals surface area contributed by atoms with Crippen LogP contribution in [0.3, 0.4) is 0 Å². The number of rotatable bonds is 5. The van der Waals surface area contributed by atoms with Crippen molar-refractivity contribution in [3.8, 4) is 0 Å². The molecular formula is C13H6Cl2N4O7. The number of carbonyl (C=O) groups is 1. The van der Waals surface area contributed by atoms with Gasteiger partial charge in [0.1, 0.15) is 0 Å². The van der Waals surface area contributed by atoms with Crippen molar-refractivity contribution in [3.05, 3.63) is 76.3 Å². The van der Waals surface area contributed by atoms with Crippen LogP contribution in [-0.2, 0) is 0 Å². The third kappa shape index (κ3) is 3.84. The number of non-ortho nitro benzene ring substituents is 1. The summed E-state index contributed by atoms with van der Waals surface area (Å²) >= 11 is 11.5. The molecule has 0 radical (unpaired) electrons. The summed E-state index contributed by atoms with van der Waals surface area (Å²) in [7, 11) is 0. The van der Waals surface area contributed by atoms with Crippen LogP contribution in [0.15, 0.2) is 30.3 Å². The second-order valence-corrected chi connectivity index (χ2v) is 5.50. The third-order valence-corrected chi connectivity index (χ3v) is 3.82. The van der Waals surface area contributed by atoms with E-state index in [0.717, 1.165) is 24.3 Å². The average Bonchev–Trinajstić information content (AvgIpc) is 2.56. The minimum Gasteiger partial charge on any atom is -0.320 e. The number of halogens is 2. The topological polar surface area (TPSA) is 159 Å². The van der Waals surface area contributed by atoms with E-state index in [1.165, 1.54) is 6.07 Å². The molecule has 0 spiro atoms. The first-order valence-corrected chi connectivity index (χ1v) is 7.25. The lowest BCUT2D eigenvalue weighted by Crippen LogP contribution is -2.13. The minimum atomic E-state index is -1.00. The fourth-order valence-corrected chi connectivity index (χ4v) is 2.32. The fourth-order valence-electron chi connectivity index (χ4n) is 1.91. The van der Waals surface area contributed by atoms with E-state index in [0.29, 0.717) is 0 Å². The molecule has 0 saturated heterocycles. The summed E-state index contributed by atoms with van der Waals surface area (Å²) in [4.78, 5) is 42.3. The lowest BCUT2D eigenvalue weighted by atomic mass is 10.1. The number of nitrogens with one attached hydrogen (secondary N) is 1. The molecule has 1 N–H and O–H groups in total. The Morgan fingerprint density at radius 2 is 1.42 bits per heavy atom. The second-order valence-electron chi connectivity index (χ2n) is 4.72. The molecule has 26 heavy (non-hydrogen) atoms. The zero-order chi connectivity index (χ0) is 19.6. The molecule has 13 heteroatoms. The van der Waals surface area contributed by atoms with Gasteiger partial charge in [0.25, 0.3) is 23.0 Å². The van der Waals surface area contributed by atoms with E-state index < -0.39 is 42.6 Å². The van der Waals surface area contributed by atoms with Crippen molar-refractivity contribution in [1.82, 2.24) is 0 Å². The van der Waals surface area contributed by atoms with Gasteiger partial charge in [0.2, 0.25) is 0 Å². The fraction of sp³-hybridized carbons (Fsp3) is 0. The summed E-state index contributed by atoms with van der Waals surface area (Å²) < 4.78 is 0. The first-order chi connectivity index (χ1) is 12.1. The summed E-state index contributed by atoms with van der Waals surface area (Å²) in [5, 5.41) is 34.2. The molecule has 0 unspecified atom stereocenters. The summed E-state index contributed by atoms with van der Waals surface area (Å²) in [5.74, 6) is -1.00. The van der Waals surface area contributed by atoms with Crippen LogP contribution in [0.1, 0.15) is 10.4 Å². The maximum absolute atomic E-state index is 12.3. The Morgan fingerprint density at radius 3 is 1.88 bits per heavy atom. The molecule has 0 aliphatic heterocycles. The van der Waals surface area contributed by atoms with Crippen LogP contribution in [0.5, 0.6) is 0 Å². The average molecular weight is 401 g/mol. The van der Waals surface area contributed by atoms with Crippen molar-refractivity contribution in [3.63, 3.8) is 0 Å². The van der Waals surface area contributed by atoms with E-state index in [1.807, 2.05) is 0 Å². The molecule has 2 aromatic rings. The molecule has 11 nitrogen and oxygen atoms in total. The third-order valence-electron chi connectivity index (χ3n) is 3.10. The Bertz CT molecular complexity index is 928. The van der Waals surface area contributed by atoms with Gasteiger partial charge in [-0.1, -0.05) is 23.2 Å². The smallest absolute Gasteiger partial charge is 0.295 e. The molecule has 0 fully saturated rings. The number of hydrogen-bond donors (Lipinski definition) is 1. The van der Waals surface area contributed by atoms with E-state index in [9.17, 15) is 35.1 Å². The molecule has 2 rings (SSSR count). The van der Waals surface area contributed by atoms with Crippen LogP contribution in [0.2, 0.25) is 10.0 Å². The van der Waals surface area contributed by atoms with Gasteiger partial charge >= 0.3 is 0 Å². The lowest BCUT2D eigenvalue weighted by molar-refractivity contribution is -0.393. The van der Waals surface area contributed by atoms with Crippen molar-refractivity contribution in [2.75, 3.05) is 5.32 Å². The summed E-state index contributed by atoms with van der Waals surface area (Å²) in [6.07, 6.45) is 0. The van der Waals surface area contributed by atoms with E-state index in [1.54, 1.807) is 0 Å². The van der Waals surface area contributed by atoms with Gasteiger partial charge in [0, 0.05) is 24.3 Å². The highest BCUT2D eigenvalue weighted by Crippen LogP contribution is 2.35. The molecular weight excluding hydrogens is 395 g/mol. The van der Waals surface area contributed by atoms with Crippen LogP contribution in [0.25, 0.3) is 0 Å². The van der Waals surface area contributed by atoms with E-state index in [4.69, 9.17) is 23.2 Å². The van der Waals surface area contributed by atoms with Crippen LogP contribution < -0.4 is 5.32 Å². The summed E-state index contributed by atoms with van der Waals surface area (Å²) in [6, 6.07) is 4.74. The predicted molar refractivity (Wildman–Crippen MR) is 90.8 cm³/mol. The largest absolute Gasteiger partial charge is 0.320 e. The highest BCUT2D eigenvalue weighted by molar-refractivity contribution is 6.35. The Labute approximate surface area is 153 Å². The second kappa shape index (κ2) is 7.29. The number of benzene rings is 2. The van der Waals surface area contributed by atoms with Crippen LogP contribution >= 0.6 is 23.2 Å². The molecule has 134 valence electrons. The van der Waals surface area contributed by atoms with E-state index in [-0.39, 0.29) is 16.4 Å². The minimum absolute atomic E-state index is 0.0399. The van der Waals surface area contributed by atoms with Gasteiger partial charge in [-0.15, -0.1) is 0 Å². The van der Waals surface area contributed by atoms with Crippen molar-refractivity contribution >= 4 is 51.9 Å². The Balaban J connectivity index is 2.48. The molecule has 2 aromatic carbocycles. The number of anilines is 1. The molecule has 1 amide bonds. The molecule has 0 heterocycles. The number of amides is 1. The maximum atomic E-state index is 12.3. The molecule has 0 aliphatic carbocycles. The molecule has 0 saturated carbocycles. The highest BCUT2D eigenvalue weighted by Gasteiger charge is 2.27. The van der Waals surface area contributed by atoms with Gasteiger partial charge in [-0.2, -0.15) is 0 Å². The quantitative estimate of drug-likeness (QED) is 0.586. The van der Waals surface area contributed by atoms with E-state index >= 15 is 0 Å². The van der Waals surface area contributed by atoms with Crippen molar-refractivity contribution < 1.29 is 19.6 Å². The standard InChI is InChI=1S/C13H6Cl2N4O7/c14-8-2-1-7(17(21)22)5-9(8)16-13(20)6-3-10(18(23)24)12(15)11(4-6)19(25)26/h1-5H,(H,16,20). The Kier molecular flexibility index (Phi) is 5.33. The zero-order valence-corrected chi connectivity index (χ0v) is 13.9. The van der Waals surface area contributed by atoms with Gasteiger partial charge in [0.05, 0.1) is 31.0 Å². The maximum Gasteiger partial charge on any atom is 0.295 e. The van der Waals surface area contributed by atoms with Gasteiger partial charge < -0.3 is 5.32 Å². The van der Waals surface area contributed by atoms with Gasteiger partial charge in [-0.05, 0) is 6.07 Å². The molecule has 0 aliphatic rings. The van der Waals surface area contributed by atoms with Crippen molar-refractivity contribution in [2.24, 2.45) is 0 Å². The normalized spacial score (nSPS) is 10.2. The summed E-state index contributed by atoms with van der Waals surface area (Å²) in [5.41, 5.74) is -2.63. The Morgan fingerprint density at radius 1 is 0.885 bits per heavy atom. The molecule has 0 aromatic heterocycles. The highest BCUT2D eigenvalue weighted by atomic mass is 35.5. The van der Waals surface area contributed by atoms with E-state index in [2.05, 4.69) is 5.32 Å². The Hall–Kier alpha value is -3.31. The number of hydrogen-bond acceptors (Lipinski definition) is 7. The lowest BCUT2D eigenvalue weighted by Gasteiger charge is -2.08. The zero-order valence-electron chi connectivity index (χ0n) is 12.3. The summed E-state index contributed by atoms with van der Waals surface area (Å²) in [6.45, 7) is 0. The monoisotopic (exact) mass is 400 g/mol. The van der Waals surface area contributed by atoms with Gasteiger partial charge in [0.15, 0.2) is 5.02 Å². The first kappa shape index (κ1) is 19.0. The van der Waals surface area contributed by atoms with Gasteiger partial charge in [-0.25, -0.2) is 0 Å². The number of nitro groups is 3. The predicted octanol–water partition coefficient (Wildman–Crippen LogP) is 3.97. The SMILES string of the molecule is O=C(Nc1cc([N+](=O)[O-])ccc1Cl)c1cc([N+](=O)[O-])c(Cl)c([N+](=O)[O-])c1. The van der Waals surface area contributed by atoms with Crippen molar-refractivity contribution in [2.45, 2.75) is 0 Å². The van der Waals surface area contributed by atoms with Gasteiger partial charge in [-0.3, -0.25) is 35.1 Å². The first-order valence-electron chi connectivity index (χ1n) is 6.49. The van der Waals surface area contributed by atoms with Crippen molar-refractivity contribution in [1.29, 1.82) is 0 Å². The molecule has 0 bridgehead atoms. The van der Waals surface area contributed by atoms with Crippen LogP contribution in [0.4, 0.5) is 22.7 Å². The van der Waals surface area contributed by atoms with Crippen LogP contribution in [0, 0.1) is 30.3 Å².